The van der Waals surface area contributed by atoms with E-state index in [-0.39, 0.29) is 9.76 Å². The van der Waals surface area contributed by atoms with Crippen LogP contribution in [0.3, 0.4) is 0 Å². The summed E-state index contributed by atoms with van der Waals surface area (Å²) < 4.78 is 11.3. The van der Waals surface area contributed by atoms with Gasteiger partial charge < -0.3 is 9.16 Å². The normalized spacial score (nSPS) is 11.6. The van der Waals surface area contributed by atoms with Crippen molar-refractivity contribution in [1.82, 2.24) is 0 Å². The summed E-state index contributed by atoms with van der Waals surface area (Å²) in [4.78, 5) is 0. The quantitative estimate of drug-likeness (QED) is 0.543. The lowest BCUT2D eigenvalue weighted by Crippen LogP contribution is -2.07. The maximum Gasteiger partial charge on any atom is 0.161 e. The van der Waals surface area contributed by atoms with Gasteiger partial charge in [0.25, 0.3) is 0 Å². The fourth-order valence-electron chi connectivity index (χ4n) is 2.07. The molecule has 19 heavy (non-hydrogen) atoms. The average molecular weight is 274 g/mol. The number of fused-ring (bicyclic) bond motifs is 1. The van der Waals surface area contributed by atoms with Gasteiger partial charge in [0.2, 0.25) is 0 Å². The highest BCUT2D eigenvalue weighted by atomic mass is 28.2. The zero-order valence-electron chi connectivity index (χ0n) is 11.6. The highest BCUT2D eigenvalue weighted by Crippen LogP contribution is 2.18. The first-order chi connectivity index (χ1) is 9.42. The lowest BCUT2D eigenvalue weighted by molar-refractivity contribution is 0.0908. The molecule has 2 aromatic rings. The molecule has 0 spiro atoms. The Balaban J connectivity index is 1.78. The average Bonchev–Trinajstić information content (AvgIpc) is 2.46. The predicted octanol–water partition coefficient (Wildman–Crippen LogP) is 3.29. The van der Waals surface area contributed by atoms with Gasteiger partial charge in [0.1, 0.15) is 0 Å². The van der Waals surface area contributed by atoms with Crippen LogP contribution >= 0.6 is 0 Å². The first-order valence-electron chi connectivity index (χ1n) is 7.04. The molecule has 0 atom stereocenters. The molecule has 0 fully saturated rings. The first-order valence-corrected chi connectivity index (χ1v) is 8.61. The summed E-state index contributed by atoms with van der Waals surface area (Å²) >= 11 is 0. The second kappa shape index (κ2) is 8.10. The van der Waals surface area contributed by atoms with E-state index >= 15 is 0 Å². The van der Waals surface area contributed by atoms with Crippen LogP contribution in [0.2, 0.25) is 6.04 Å². The Labute approximate surface area is 117 Å². The molecule has 0 amide bonds. The van der Waals surface area contributed by atoms with Crippen LogP contribution in [-0.4, -0.2) is 23.0 Å². The van der Waals surface area contributed by atoms with Crippen LogP contribution in [-0.2, 0) is 15.8 Å². The Morgan fingerprint density at radius 2 is 1.84 bits per heavy atom. The molecule has 0 saturated carbocycles. The third-order valence-corrected chi connectivity index (χ3v) is 4.72. The molecular weight excluding hydrogens is 252 g/mol. The molecule has 0 aliphatic heterocycles. The predicted molar refractivity (Wildman–Crippen MR) is 83.2 cm³/mol. The van der Waals surface area contributed by atoms with Gasteiger partial charge in [0.05, 0.1) is 19.8 Å². The fourth-order valence-corrected chi connectivity index (χ4v) is 2.88. The van der Waals surface area contributed by atoms with Crippen molar-refractivity contribution >= 4 is 20.5 Å². The minimum Gasteiger partial charge on any atom is -0.422 e. The molecule has 0 aromatic heterocycles. The van der Waals surface area contributed by atoms with Crippen molar-refractivity contribution in [2.75, 3.05) is 13.2 Å². The monoisotopic (exact) mass is 274 g/mol. The van der Waals surface area contributed by atoms with Crippen LogP contribution in [0.15, 0.2) is 42.5 Å². The van der Waals surface area contributed by atoms with Crippen LogP contribution in [0.25, 0.3) is 10.8 Å². The second-order valence-electron chi connectivity index (χ2n) is 4.66. The second-order valence-corrected chi connectivity index (χ2v) is 6.18. The highest BCUT2D eigenvalue weighted by molar-refractivity contribution is 6.26. The number of rotatable bonds is 8. The van der Waals surface area contributed by atoms with Crippen molar-refractivity contribution in [3.05, 3.63) is 48.0 Å². The zero-order chi connectivity index (χ0) is 13.3. The Bertz CT molecular complexity index is 494. The summed E-state index contributed by atoms with van der Waals surface area (Å²) in [6.45, 7) is 4.31. The standard InChI is InChI=1S/C16H22O2Si/c1-2-12-19-18-11-10-17-13-15-8-5-7-14-6-3-4-9-16(14)15/h3-9H,2,10-13,19H2,1H3. The van der Waals surface area contributed by atoms with E-state index in [0.29, 0.717) is 13.2 Å². The van der Waals surface area contributed by atoms with E-state index in [0.717, 1.165) is 6.61 Å². The maximum absolute atomic E-state index is 5.71. The molecule has 0 N–H and O–H groups in total. The summed E-state index contributed by atoms with van der Waals surface area (Å²) in [6, 6.07) is 16.1. The van der Waals surface area contributed by atoms with Crippen molar-refractivity contribution in [3.8, 4) is 0 Å². The Hall–Kier alpha value is -1.16. The summed E-state index contributed by atoms with van der Waals surface area (Å²) in [6.07, 6.45) is 1.24. The van der Waals surface area contributed by atoms with E-state index in [1.165, 1.54) is 28.8 Å². The minimum atomic E-state index is -0.293. The van der Waals surface area contributed by atoms with Crippen LogP contribution < -0.4 is 0 Å². The van der Waals surface area contributed by atoms with Crippen molar-refractivity contribution in [2.24, 2.45) is 0 Å². The number of benzene rings is 2. The first kappa shape index (κ1) is 14.3. The van der Waals surface area contributed by atoms with E-state index in [9.17, 15) is 0 Å². The molecule has 2 rings (SSSR count). The van der Waals surface area contributed by atoms with Gasteiger partial charge in [-0.05, 0) is 22.4 Å². The highest BCUT2D eigenvalue weighted by Gasteiger charge is 2.00. The molecule has 0 heterocycles. The van der Waals surface area contributed by atoms with Gasteiger partial charge in [-0.2, -0.15) is 0 Å². The number of hydrogen-bond donors (Lipinski definition) is 0. The Morgan fingerprint density at radius 1 is 1.00 bits per heavy atom. The molecule has 2 nitrogen and oxygen atoms in total. The van der Waals surface area contributed by atoms with E-state index < -0.39 is 0 Å². The summed E-state index contributed by atoms with van der Waals surface area (Å²) in [5, 5.41) is 2.56. The van der Waals surface area contributed by atoms with Gasteiger partial charge in [0.15, 0.2) is 9.76 Å². The van der Waals surface area contributed by atoms with Gasteiger partial charge in [-0.3, -0.25) is 0 Å². The fraction of sp³-hybridized carbons (Fsp3) is 0.375. The smallest absolute Gasteiger partial charge is 0.161 e. The molecule has 102 valence electrons. The number of ether oxygens (including phenoxy) is 1. The van der Waals surface area contributed by atoms with Gasteiger partial charge in [-0.1, -0.05) is 55.8 Å². The van der Waals surface area contributed by atoms with E-state index in [4.69, 9.17) is 9.16 Å². The number of hydrogen-bond acceptors (Lipinski definition) is 2. The molecule has 0 aliphatic carbocycles. The third-order valence-electron chi connectivity index (χ3n) is 3.15. The van der Waals surface area contributed by atoms with Crippen molar-refractivity contribution in [2.45, 2.75) is 26.0 Å². The Morgan fingerprint density at radius 3 is 2.74 bits per heavy atom. The lowest BCUT2D eigenvalue weighted by Gasteiger charge is -2.08. The molecule has 0 aliphatic rings. The molecule has 3 heteroatoms. The van der Waals surface area contributed by atoms with E-state index in [1.54, 1.807) is 0 Å². The van der Waals surface area contributed by atoms with Crippen molar-refractivity contribution in [3.63, 3.8) is 0 Å². The lowest BCUT2D eigenvalue weighted by atomic mass is 10.1. The molecule has 0 saturated heterocycles. The van der Waals surface area contributed by atoms with Gasteiger partial charge in [-0.15, -0.1) is 0 Å². The summed E-state index contributed by atoms with van der Waals surface area (Å²) in [7, 11) is -0.293. The van der Waals surface area contributed by atoms with Crippen molar-refractivity contribution in [1.29, 1.82) is 0 Å². The van der Waals surface area contributed by atoms with E-state index in [2.05, 4.69) is 49.4 Å². The van der Waals surface area contributed by atoms with Gasteiger partial charge >= 0.3 is 0 Å². The van der Waals surface area contributed by atoms with Crippen molar-refractivity contribution < 1.29 is 9.16 Å². The maximum atomic E-state index is 5.71. The third kappa shape index (κ3) is 4.46. The van der Waals surface area contributed by atoms with Crippen LogP contribution in [0.5, 0.6) is 0 Å². The molecule has 0 unspecified atom stereocenters. The topological polar surface area (TPSA) is 18.5 Å². The summed E-state index contributed by atoms with van der Waals surface area (Å²) in [5.74, 6) is 0. The molecule has 2 aromatic carbocycles. The Kier molecular flexibility index (Phi) is 6.07. The van der Waals surface area contributed by atoms with E-state index in [1.807, 2.05) is 0 Å². The zero-order valence-corrected chi connectivity index (χ0v) is 13.0. The van der Waals surface area contributed by atoms with Gasteiger partial charge in [0, 0.05) is 0 Å². The molecular formula is C16H22O2Si. The van der Waals surface area contributed by atoms with Gasteiger partial charge in [-0.25, -0.2) is 0 Å². The SMILES string of the molecule is CCC[SiH2]OCCOCc1cccc2ccccc12. The van der Waals surface area contributed by atoms with Crippen LogP contribution in [0, 0.1) is 0 Å². The van der Waals surface area contributed by atoms with Crippen LogP contribution in [0.4, 0.5) is 0 Å². The van der Waals surface area contributed by atoms with Crippen LogP contribution in [0.1, 0.15) is 18.9 Å². The summed E-state index contributed by atoms with van der Waals surface area (Å²) in [5.41, 5.74) is 1.25. The molecule has 0 bridgehead atoms. The minimum absolute atomic E-state index is 0.293. The largest absolute Gasteiger partial charge is 0.422 e. The molecule has 0 radical (unpaired) electrons.